The van der Waals surface area contributed by atoms with Crippen LogP contribution in [0.15, 0.2) is 36.1 Å². The van der Waals surface area contributed by atoms with Crippen molar-refractivity contribution in [3.63, 3.8) is 0 Å². The van der Waals surface area contributed by atoms with Crippen LogP contribution in [0.5, 0.6) is 0 Å². The van der Waals surface area contributed by atoms with Gasteiger partial charge in [-0.15, -0.1) is 0 Å². The van der Waals surface area contributed by atoms with E-state index in [1.165, 1.54) is 32.1 Å². The van der Waals surface area contributed by atoms with Gasteiger partial charge in [-0.25, -0.2) is 0 Å². The molecule has 3 rings (SSSR count). The maximum Gasteiger partial charge on any atom is 0.0917 e. The van der Waals surface area contributed by atoms with Gasteiger partial charge in [-0.3, -0.25) is 0 Å². The second kappa shape index (κ2) is 9.75. The Morgan fingerprint density at radius 3 is 2.62 bits per heavy atom. The molecule has 2 heterocycles. The van der Waals surface area contributed by atoms with E-state index in [9.17, 15) is 10.2 Å². The van der Waals surface area contributed by atoms with Gasteiger partial charge in [0.2, 0.25) is 0 Å². The van der Waals surface area contributed by atoms with E-state index in [1.807, 2.05) is 13.0 Å². The Kier molecular flexibility index (Phi) is 7.39. The summed E-state index contributed by atoms with van der Waals surface area (Å²) in [6.45, 7) is 1.85. The summed E-state index contributed by atoms with van der Waals surface area (Å²) < 4.78 is 6.15. The highest BCUT2D eigenvalue weighted by molar-refractivity contribution is 5.09. The minimum absolute atomic E-state index is 0.306. The molecule has 0 aromatic rings. The summed E-state index contributed by atoms with van der Waals surface area (Å²) in [4.78, 5) is 0. The molecular formula is C23H36O3. The smallest absolute Gasteiger partial charge is 0.0917 e. The van der Waals surface area contributed by atoms with Gasteiger partial charge in [0.1, 0.15) is 0 Å². The predicted molar refractivity (Wildman–Crippen MR) is 106 cm³/mol. The SMILES string of the molecule is C/C=C(/O)C/C=C\C[C@@H]1[C@H](/C=C/C(O)CC2CCCCC2)[C@@H]2CC[C@H]1O2. The molecule has 2 N–H and O–H groups in total. The molecule has 1 saturated carbocycles. The minimum atomic E-state index is -0.306. The topological polar surface area (TPSA) is 49.7 Å². The number of allylic oxidation sites excluding steroid dienone is 3. The molecule has 0 amide bonds. The van der Waals surface area contributed by atoms with Crippen LogP contribution >= 0.6 is 0 Å². The van der Waals surface area contributed by atoms with Gasteiger partial charge in [0.05, 0.1) is 24.1 Å². The molecule has 2 aliphatic heterocycles. The number of hydrogen-bond donors (Lipinski definition) is 2. The van der Waals surface area contributed by atoms with Gasteiger partial charge >= 0.3 is 0 Å². The van der Waals surface area contributed by atoms with Crippen LogP contribution in [0.25, 0.3) is 0 Å². The number of aliphatic hydroxyl groups is 2. The van der Waals surface area contributed by atoms with Crippen molar-refractivity contribution in [1.29, 1.82) is 0 Å². The van der Waals surface area contributed by atoms with E-state index < -0.39 is 0 Å². The molecule has 2 bridgehead atoms. The fraction of sp³-hybridized carbons (Fsp3) is 0.739. The highest BCUT2D eigenvalue weighted by Crippen LogP contribution is 2.46. The number of fused-ring (bicyclic) bond motifs is 2. The van der Waals surface area contributed by atoms with Crippen molar-refractivity contribution in [3.05, 3.63) is 36.1 Å². The lowest BCUT2D eigenvalue weighted by molar-refractivity contribution is 0.0899. The Morgan fingerprint density at radius 2 is 1.85 bits per heavy atom. The van der Waals surface area contributed by atoms with E-state index in [2.05, 4.69) is 18.2 Å². The highest BCUT2D eigenvalue weighted by atomic mass is 16.5. The van der Waals surface area contributed by atoms with Gasteiger partial charge in [-0.05, 0) is 50.5 Å². The van der Waals surface area contributed by atoms with Crippen LogP contribution < -0.4 is 0 Å². The van der Waals surface area contributed by atoms with Crippen LogP contribution in [0.1, 0.15) is 71.1 Å². The van der Waals surface area contributed by atoms with Gasteiger partial charge in [0.25, 0.3) is 0 Å². The van der Waals surface area contributed by atoms with Crippen molar-refractivity contribution in [3.8, 4) is 0 Å². The molecule has 1 unspecified atom stereocenters. The van der Waals surface area contributed by atoms with E-state index in [-0.39, 0.29) is 6.10 Å². The van der Waals surface area contributed by atoms with Crippen LogP contribution in [0.4, 0.5) is 0 Å². The lowest BCUT2D eigenvalue weighted by atomic mass is 9.77. The average Bonchev–Trinajstić information content (AvgIpc) is 3.25. The third-order valence-corrected chi connectivity index (χ3v) is 6.58. The molecule has 3 fully saturated rings. The van der Waals surface area contributed by atoms with Crippen LogP contribution in [-0.2, 0) is 4.74 Å². The van der Waals surface area contributed by atoms with E-state index in [0.717, 1.165) is 25.7 Å². The molecule has 3 nitrogen and oxygen atoms in total. The molecule has 0 aromatic carbocycles. The summed E-state index contributed by atoms with van der Waals surface area (Å²) in [6, 6.07) is 0. The lowest BCUT2D eigenvalue weighted by Gasteiger charge is -2.26. The summed E-state index contributed by atoms with van der Waals surface area (Å²) in [6.07, 6.45) is 22.1. The van der Waals surface area contributed by atoms with Crippen LogP contribution in [0.3, 0.4) is 0 Å². The lowest BCUT2D eigenvalue weighted by Crippen LogP contribution is -2.25. The minimum Gasteiger partial charge on any atom is -0.512 e. The zero-order chi connectivity index (χ0) is 18.4. The number of hydrogen-bond acceptors (Lipinski definition) is 3. The molecule has 1 aliphatic carbocycles. The van der Waals surface area contributed by atoms with Gasteiger partial charge in [0, 0.05) is 12.3 Å². The monoisotopic (exact) mass is 360 g/mol. The molecule has 146 valence electrons. The largest absolute Gasteiger partial charge is 0.512 e. The second-order valence-corrected chi connectivity index (χ2v) is 8.41. The van der Waals surface area contributed by atoms with Crippen molar-refractivity contribution in [2.45, 2.75) is 89.4 Å². The Labute approximate surface area is 158 Å². The van der Waals surface area contributed by atoms with E-state index in [1.54, 1.807) is 6.08 Å². The third-order valence-electron chi connectivity index (χ3n) is 6.58. The number of ether oxygens (including phenoxy) is 1. The van der Waals surface area contributed by atoms with Gasteiger partial charge in [-0.2, -0.15) is 0 Å². The Morgan fingerprint density at radius 1 is 1.08 bits per heavy atom. The van der Waals surface area contributed by atoms with Crippen LogP contribution in [-0.4, -0.2) is 28.5 Å². The van der Waals surface area contributed by atoms with Gasteiger partial charge in [0.15, 0.2) is 0 Å². The molecule has 0 spiro atoms. The molecular weight excluding hydrogens is 324 g/mol. The maximum absolute atomic E-state index is 10.4. The van der Waals surface area contributed by atoms with E-state index >= 15 is 0 Å². The Balaban J connectivity index is 1.51. The van der Waals surface area contributed by atoms with Crippen molar-refractivity contribution in [1.82, 2.24) is 0 Å². The summed E-state index contributed by atoms with van der Waals surface area (Å²) in [5, 5.41) is 20.0. The molecule has 26 heavy (non-hydrogen) atoms. The first-order chi connectivity index (χ1) is 12.7. The first kappa shape index (κ1) is 19.7. The Bertz CT molecular complexity index is 516. The van der Waals surface area contributed by atoms with Crippen molar-refractivity contribution >= 4 is 0 Å². The fourth-order valence-corrected chi connectivity index (χ4v) is 5.06. The molecule has 0 aromatic heterocycles. The summed E-state index contributed by atoms with van der Waals surface area (Å²) >= 11 is 0. The first-order valence-electron chi connectivity index (χ1n) is 10.7. The van der Waals surface area contributed by atoms with Gasteiger partial charge < -0.3 is 14.9 Å². The predicted octanol–water partition coefficient (Wildman–Crippen LogP) is 5.47. The maximum atomic E-state index is 10.4. The average molecular weight is 361 g/mol. The first-order valence-corrected chi connectivity index (χ1v) is 10.7. The van der Waals surface area contributed by atoms with Crippen molar-refractivity contribution < 1.29 is 14.9 Å². The molecule has 0 radical (unpaired) electrons. The Hall–Kier alpha value is -1.06. The number of rotatable bonds is 8. The summed E-state index contributed by atoms with van der Waals surface area (Å²) in [5.41, 5.74) is 0. The quantitative estimate of drug-likeness (QED) is 0.446. The van der Waals surface area contributed by atoms with Crippen LogP contribution in [0.2, 0.25) is 0 Å². The summed E-state index contributed by atoms with van der Waals surface area (Å²) in [5.74, 6) is 2.07. The van der Waals surface area contributed by atoms with E-state index in [4.69, 9.17) is 4.74 Å². The van der Waals surface area contributed by atoms with E-state index in [0.29, 0.717) is 42.1 Å². The molecule has 3 heteroatoms. The van der Waals surface area contributed by atoms with Crippen molar-refractivity contribution in [2.24, 2.45) is 17.8 Å². The highest BCUT2D eigenvalue weighted by Gasteiger charge is 2.46. The molecule has 2 saturated heterocycles. The zero-order valence-electron chi connectivity index (χ0n) is 16.2. The van der Waals surface area contributed by atoms with Crippen molar-refractivity contribution in [2.75, 3.05) is 0 Å². The molecule has 5 atom stereocenters. The second-order valence-electron chi connectivity index (χ2n) is 8.41. The third kappa shape index (κ3) is 5.23. The molecule has 3 aliphatic rings. The number of aliphatic hydroxyl groups excluding tert-OH is 2. The van der Waals surface area contributed by atoms with Crippen LogP contribution in [0, 0.1) is 17.8 Å². The zero-order valence-corrected chi connectivity index (χ0v) is 16.2. The fourth-order valence-electron chi connectivity index (χ4n) is 5.06. The normalized spacial score (nSPS) is 34.3. The standard InChI is InChI=1S/C23H36O3/c1-2-18(24)10-6-7-11-20-21(23-15-14-22(20)26-23)13-12-19(25)16-17-8-4-3-5-9-17/h2,6-7,12-13,17,19-25H,3-5,8-11,14-16H2,1H3/b7-6-,13-12+,18-2+/t19?,20-,21+,22-,23+/m1/s1. The summed E-state index contributed by atoms with van der Waals surface area (Å²) in [7, 11) is 0. The van der Waals surface area contributed by atoms with Gasteiger partial charge in [-0.1, -0.05) is 56.4 Å².